The van der Waals surface area contributed by atoms with Crippen LogP contribution in [0.15, 0.2) is 134 Å². The molecule has 0 aromatic carbocycles. The summed E-state index contributed by atoms with van der Waals surface area (Å²) in [5.74, 6) is -0.212. The number of likely N-dealkylation sites (N-methyl/N-ethyl adjacent to an activating group) is 1. The van der Waals surface area contributed by atoms with Crippen molar-refractivity contribution in [3.63, 3.8) is 0 Å². The highest BCUT2D eigenvalue weighted by atomic mass is 31.2. The minimum absolute atomic E-state index is 0.0132. The summed E-state index contributed by atoms with van der Waals surface area (Å²) < 4.78 is 23.4. The van der Waals surface area contributed by atoms with E-state index in [2.05, 4.69) is 141 Å². The number of hydrogen-bond acceptors (Lipinski definition) is 6. The predicted molar refractivity (Wildman–Crippen MR) is 380 cm³/mol. The van der Waals surface area contributed by atoms with Crippen molar-refractivity contribution in [1.29, 1.82) is 0 Å². The third-order valence-electron chi connectivity index (χ3n) is 15.6. The van der Waals surface area contributed by atoms with Gasteiger partial charge in [0.1, 0.15) is 13.2 Å². The number of nitrogens with zero attached hydrogens (tertiary/aromatic N) is 1. The molecule has 0 aromatic rings. The monoisotopic (exact) mass is 1230 g/mol. The highest BCUT2D eigenvalue weighted by Gasteiger charge is 2.23. The number of rotatable bonds is 65. The summed E-state index contributed by atoms with van der Waals surface area (Å²) in [7, 11) is 1.23. The van der Waals surface area contributed by atoms with Gasteiger partial charge in [-0.1, -0.05) is 321 Å². The molecule has 0 aromatic heterocycles. The van der Waals surface area contributed by atoms with Gasteiger partial charge in [0.2, 0.25) is 5.91 Å². The molecule has 0 bridgehead atoms. The Labute approximate surface area is 538 Å². The average Bonchev–Trinajstić information content (AvgIpc) is 3.71. The maximum Gasteiger partial charge on any atom is 0.268 e. The topological polar surface area (TPSA) is 108 Å². The Balaban J connectivity index is 4.09. The minimum atomic E-state index is -4.62. The molecular weight excluding hydrogens is 1090 g/mol. The number of hydrogen-bond donors (Lipinski definition) is 2. The number of unbranched alkanes of at least 4 members (excludes halogenated alkanes) is 32. The molecule has 2 N–H and O–H groups in total. The van der Waals surface area contributed by atoms with Crippen molar-refractivity contribution in [1.82, 2.24) is 5.32 Å². The first kappa shape index (κ1) is 83.6. The third-order valence-corrected chi connectivity index (χ3v) is 16.5. The molecule has 8 nitrogen and oxygen atoms in total. The Bertz CT molecular complexity index is 1880. The van der Waals surface area contributed by atoms with Crippen LogP contribution in [-0.2, 0) is 18.4 Å². The summed E-state index contributed by atoms with van der Waals surface area (Å²) in [5, 5.41) is 13.9. The smallest absolute Gasteiger partial charge is 0.268 e. The predicted octanol–water partition coefficient (Wildman–Crippen LogP) is 22.8. The SMILES string of the molecule is CC/C=C\C/C=C\C/C=C\C/C=C\C/C=C\C/C=C\C/C=C\C/C=C\CCCCCCCCCCCCCCCCCCC(=O)NC(COP(=O)([O-])OCC[N+](C)(C)C)C(O)/C=C/CC/C=C/CC/C=C/CCCCCCCCCCCCCCCC. The molecule has 0 rings (SSSR count). The molecule has 0 heterocycles. The lowest BCUT2D eigenvalue weighted by Gasteiger charge is -2.29. The first-order valence-electron chi connectivity index (χ1n) is 36.0. The van der Waals surface area contributed by atoms with E-state index in [9.17, 15) is 19.4 Å². The van der Waals surface area contributed by atoms with Crippen LogP contribution in [-0.4, -0.2) is 68.5 Å². The molecule has 0 saturated carbocycles. The molecule has 500 valence electrons. The van der Waals surface area contributed by atoms with Crippen LogP contribution < -0.4 is 10.2 Å². The summed E-state index contributed by atoms with van der Waals surface area (Å²) >= 11 is 0. The van der Waals surface area contributed by atoms with Gasteiger partial charge in [-0.15, -0.1) is 0 Å². The number of allylic oxidation sites excluding steroid dienone is 21. The molecule has 0 aliphatic rings. The van der Waals surface area contributed by atoms with E-state index in [-0.39, 0.29) is 12.5 Å². The number of nitrogens with one attached hydrogen (secondary N) is 1. The molecule has 0 saturated heterocycles. The van der Waals surface area contributed by atoms with Crippen molar-refractivity contribution in [2.45, 2.75) is 315 Å². The van der Waals surface area contributed by atoms with E-state index < -0.39 is 26.6 Å². The standard InChI is InChI=1S/C78H137N2O6P/c1-6-8-10-12-14-16-18-20-22-24-26-28-30-32-33-34-35-36-37-38-39-40-41-42-43-44-45-46-47-48-50-52-54-56-58-60-62-64-66-68-70-72-78(82)79-76(75-86-87(83,84)85-74-73-80(3,4)5)77(81)71-69-67-65-63-61-59-57-55-53-51-49-31-29-27-25-23-21-19-17-15-13-11-9-7-2/h8,10,14,16,20,22,26,28,32-33,35-36,38-39,41-42,53,55,61,63,69,71,76-77,81H,6-7,9,11-13,15,17-19,21,23-25,27,29-31,34,37,40,43-52,54,56-60,62,64-68,70,72-75H2,1-5H3,(H-,79,82,83,84)/b10-8-,16-14-,22-20-,28-26-,33-32-,36-35-,39-38-,42-41-,55-53+,63-61+,71-69+. The quantitative estimate of drug-likeness (QED) is 0.0272. The Morgan fingerprint density at radius 3 is 1.07 bits per heavy atom. The van der Waals surface area contributed by atoms with E-state index in [1.807, 2.05) is 27.2 Å². The highest BCUT2D eigenvalue weighted by molar-refractivity contribution is 7.45. The van der Waals surface area contributed by atoms with E-state index in [1.165, 1.54) is 186 Å². The lowest BCUT2D eigenvalue weighted by Crippen LogP contribution is -2.45. The van der Waals surface area contributed by atoms with Crippen LogP contribution in [0, 0.1) is 0 Å². The second-order valence-corrected chi connectivity index (χ2v) is 26.6. The van der Waals surface area contributed by atoms with Crippen molar-refractivity contribution in [3.8, 4) is 0 Å². The molecule has 0 aliphatic carbocycles. The molecule has 3 atom stereocenters. The van der Waals surface area contributed by atoms with Gasteiger partial charge in [-0.2, -0.15) is 0 Å². The van der Waals surface area contributed by atoms with Crippen LogP contribution >= 0.6 is 7.82 Å². The second kappa shape index (κ2) is 67.0. The lowest BCUT2D eigenvalue weighted by atomic mass is 10.0. The number of phosphoric acid groups is 1. The van der Waals surface area contributed by atoms with Crippen LogP contribution in [0.5, 0.6) is 0 Å². The van der Waals surface area contributed by atoms with Crippen LogP contribution in [0.4, 0.5) is 0 Å². The maximum absolute atomic E-state index is 13.0. The van der Waals surface area contributed by atoms with Crippen molar-refractivity contribution in [2.24, 2.45) is 0 Å². The maximum atomic E-state index is 13.0. The second-order valence-electron chi connectivity index (χ2n) is 25.2. The van der Waals surface area contributed by atoms with Gasteiger partial charge in [0.25, 0.3) is 7.82 Å². The van der Waals surface area contributed by atoms with Crippen molar-refractivity contribution in [2.75, 3.05) is 40.9 Å². The summed E-state index contributed by atoms with van der Waals surface area (Å²) in [6, 6.07) is -0.918. The van der Waals surface area contributed by atoms with Gasteiger partial charge in [0.05, 0.1) is 39.9 Å². The number of aliphatic hydroxyl groups excluding tert-OH is 1. The van der Waals surface area contributed by atoms with Gasteiger partial charge in [0, 0.05) is 6.42 Å². The van der Waals surface area contributed by atoms with Gasteiger partial charge in [0.15, 0.2) is 0 Å². The van der Waals surface area contributed by atoms with Crippen molar-refractivity contribution >= 4 is 13.7 Å². The van der Waals surface area contributed by atoms with E-state index in [0.29, 0.717) is 17.4 Å². The minimum Gasteiger partial charge on any atom is -0.756 e. The largest absolute Gasteiger partial charge is 0.756 e. The number of quaternary nitrogens is 1. The number of aliphatic hydroxyl groups is 1. The average molecular weight is 1230 g/mol. The molecule has 0 radical (unpaired) electrons. The zero-order valence-electron chi connectivity index (χ0n) is 57.2. The Hall–Kier alpha value is -3.36. The molecule has 87 heavy (non-hydrogen) atoms. The molecule has 3 unspecified atom stereocenters. The summed E-state index contributed by atoms with van der Waals surface area (Å²) in [6.07, 6.45) is 102. The molecule has 0 aliphatic heterocycles. The zero-order valence-corrected chi connectivity index (χ0v) is 58.1. The summed E-state index contributed by atoms with van der Waals surface area (Å²) in [5.41, 5.74) is 0. The number of amides is 1. The number of carbonyl (C=O) groups is 1. The fourth-order valence-corrected chi connectivity index (χ4v) is 10.7. The number of phosphoric ester groups is 1. The van der Waals surface area contributed by atoms with Gasteiger partial charge in [-0.25, -0.2) is 0 Å². The van der Waals surface area contributed by atoms with Gasteiger partial charge in [-0.3, -0.25) is 9.36 Å². The van der Waals surface area contributed by atoms with Gasteiger partial charge in [-0.05, 0) is 109 Å². The highest BCUT2D eigenvalue weighted by Crippen LogP contribution is 2.38. The van der Waals surface area contributed by atoms with E-state index in [4.69, 9.17) is 9.05 Å². The third kappa shape index (κ3) is 70.0. The Morgan fingerprint density at radius 2 is 0.713 bits per heavy atom. The molecule has 0 spiro atoms. The van der Waals surface area contributed by atoms with Crippen molar-refractivity contribution < 1.29 is 32.9 Å². The Kier molecular flexibility index (Phi) is 64.5. The molecule has 1 amide bonds. The summed E-state index contributed by atoms with van der Waals surface area (Å²) in [6.45, 7) is 4.52. The fourth-order valence-electron chi connectivity index (χ4n) is 10.0. The normalized spacial score (nSPS) is 14.4. The first-order valence-corrected chi connectivity index (χ1v) is 37.5. The lowest BCUT2D eigenvalue weighted by molar-refractivity contribution is -0.870. The number of carbonyl (C=O) groups excluding carboxylic acids is 1. The van der Waals surface area contributed by atoms with Gasteiger partial charge < -0.3 is 28.8 Å². The molecule has 9 heteroatoms. The molecular formula is C78H137N2O6P. The van der Waals surface area contributed by atoms with E-state index in [1.54, 1.807) is 6.08 Å². The first-order chi connectivity index (χ1) is 42.5. The van der Waals surface area contributed by atoms with E-state index in [0.717, 1.165) is 96.3 Å². The van der Waals surface area contributed by atoms with Gasteiger partial charge >= 0.3 is 0 Å². The van der Waals surface area contributed by atoms with Crippen LogP contribution in [0.1, 0.15) is 303 Å². The van der Waals surface area contributed by atoms with Crippen LogP contribution in [0.3, 0.4) is 0 Å². The Morgan fingerprint density at radius 1 is 0.414 bits per heavy atom. The zero-order chi connectivity index (χ0) is 63.4. The summed E-state index contributed by atoms with van der Waals surface area (Å²) in [4.78, 5) is 25.6. The van der Waals surface area contributed by atoms with Crippen molar-refractivity contribution in [3.05, 3.63) is 134 Å². The van der Waals surface area contributed by atoms with Crippen LogP contribution in [0.25, 0.3) is 0 Å². The molecule has 0 fully saturated rings. The van der Waals surface area contributed by atoms with E-state index >= 15 is 0 Å². The fraction of sp³-hybridized carbons (Fsp3) is 0.705. The van der Waals surface area contributed by atoms with Crippen LogP contribution in [0.2, 0.25) is 0 Å².